The van der Waals surface area contributed by atoms with Crippen LogP contribution in [0.3, 0.4) is 0 Å². The van der Waals surface area contributed by atoms with Gasteiger partial charge in [0.05, 0.1) is 15.1 Å². The van der Waals surface area contributed by atoms with Crippen LogP contribution in [0.5, 0.6) is 0 Å². The number of nitrogens with one attached hydrogen (secondary N) is 1. The van der Waals surface area contributed by atoms with Gasteiger partial charge in [-0.15, -0.1) is 0 Å². The number of esters is 1. The van der Waals surface area contributed by atoms with Crippen LogP contribution in [0.15, 0.2) is 60.8 Å². The fraction of sp³-hybridized carbons (Fsp3) is 0.0909. The van der Waals surface area contributed by atoms with Crippen molar-refractivity contribution in [2.75, 3.05) is 5.32 Å². The van der Waals surface area contributed by atoms with E-state index in [1.165, 1.54) is 13.0 Å². The van der Waals surface area contributed by atoms with Gasteiger partial charge in [0.15, 0.2) is 11.5 Å². The van der Waals surface area contributed by atoms with Gasteiger partial charge in [0.1, 0.15) is 0 Å². The highest BCUT2D eigenvalue weighted by Gasteiger charge is 2.28. The molecular formula is C22H15Cl3N2O4. The summed E-state index contributed by atoms with van der Waals surface area (Å²) in [4.78, 5) is 41.2. The molecule has 0 aliphatic rings. The van der Waals surface area contributed by atoms with E-state index in [4.69, 9.17) is 39.5 Å². The Kier molecular flexibility index (Phi) is 7.28. The number of aromatic nitrogens is 1. The highest BCUT2D eigenvalue weighted by molar-refractivity contribution is 6.48. The molecule has 0 saturated carbocycles. The third kappa shape index (κ3) is 5.41. The molecule has 1 atom stereocenters. The monoisotopic (exact) mass is 476 g/mol. The predicted molar refractivity (Wildman–Crippen MR) is 119 cm³/mol. The quantitative estimate of drug-likeness (QED) is 0.359. The molecule has 0 radical (unpaired) electrons. The topological polar surface area (TPSA) is 85.4 Å². The first-order valence-corrected chi connectivity index (χ1v) is 10.1. The summed E-state index contributed by atoms with van der Waals surface area (Å²) in [6, 6.07) is 14.8. The van der Waals surface area contributed by atoms with Crippen LogP contribution >= 0.6 is 34.8 Å². The number of carbonyl (C=O) groups excluding carboxylic acids is 3. The van der Waals surface area contributed by atoms with E-state index in [1.807, 2.05) is 0 Å². The van der Waals surface area contributed by atoms with Gasteiger partial charge < -0.3 is 10.1 Å². The molecule has 3 aromatic rings. The van der Waals surface area contributed by atoms with Crippen LogP contribution < -0.4 is 5.32 Å². The van der Waals surface area contributed by atoms with Crippen molar-refractivity contribution in [3.05, 3.63) is 92.7 Å². The second-order valence-corrected chi connectivity index (χ2v) is 7.57. The Hall–Kier alpha value is -2.93. The first-order chi connectivity index (χ1) is 14.8. The molecule has 2 aromatic carbocycles. The average Bonchev–Trinajstić information content (AvgIpc) is 2.76. The van der Waals surface area contributed by atoms with E-state index in [1.54, 1.807) is 48.5 Å². The van der Waals surface area contributed by atoms with Crippen molar-refractivity contribution < 1.29 is 19.1 Å². The standard InChI is InChI=1S/C22H15Cl3N2O4/c1-12(28)14-8-5-9-15(10-14)27-21(29)20(13-6-3-2-4-7-13)31-22(30)19-18(25)17(24)16(23)11-26-19/h2-11,20H,1H3,(H,27,29). The number of carbonyl (C=O) groups is 3. The number of anilines is 1. The van der Waals surface area contributed by atoms with E-state index in [0.717, 1.165) is 6.20 Å². The maximum atomic E-state index is 13.0. The van der Waals surface area contributed by atoms with Gasteiger partial charge in [0, 0.05) is 23.0 Å². The van der Waals surface area contributed by atoms with Crippen LogP contribution in [-0.2, 0) is 9.53 Å². The van der Waals surface area contributed by atoms with Gasteiger partial charge in [-0.3, -0.25) is 9.59 Å². The second kappa shape index (κ2) is 9.92. The molecule has 1 N–H and O–H groups in total. The first kappa shape index (κ1) is 22.7. The minimum absolute atomic E-state index is 0.0490. The highest BCUT2D eigenvalue weighted by atomic mass is 35.5. The molecule has 0 aliphatic heterocycles. The lowest BCUT2D eigenvalue weighted by Crippen LogP contribution is -2.26. The van der Waals surface area contributed by atoms with Gasteiger partial charge in [0.2, 0.25) is 6.10 Å². The maximum absolute atomic E-state index is 13.0. The Morgan fingerprint density at radius 3 is 2.35 bits per heavy atom. The molecule has 0 aliphatic carbocycles. The molecule has 0 bridgehead atoms. The summed E-state index contributed by atoms with van der Waals surface area (Å²) < 4.78 is 5.44. The SMILES string of the molecule is CC(=O)c1cccc(NC(=O)C(OC(=O)c2ncc(Cl)c(Cl)c2Cl)c2ccccc2)c1. The van der Waals surface area contributed by atoms with Crippen LogP contribution in [0.25, 0.3) is 0 Å². The van der Waals surface area contributed by atoms with Gasteiger partial charge >= 0.3 is 5.97 Å². The summed E-state index contributed by atoms with van der Waals surface area (Å²) in [6.07, 6.45) is -0.154. The van der Waals surface area contributed by atoms with E-state index in [9.17, 15) is 14.4 Å². The summed E-state index contributed by atoms with van der Waals surface area (Å²) in [7, 11) is 0. The van der Waals surface area contributed by atoms with Crippen LogP contribution in [0.2, 0.25) is 15.1 Å². The molecule has 0 spiro atoms. The number of nitrogens with zero attached hydrogens (tertiary/aromatic N) is 1. The van der Waals surface area contributed by atoms with Crippen molar-refractivity contribution in [2.45, 2.75) is 13.0 Å². The van der Waals surface area contributed by atoms with Crippen LogP contribution in [-0.4, -0.2) is 22.6 Å². The van der Waals surface area contributed by atoms with Crippen molar-refractivity contribution in [3.63, 3.8) is 0 Å². The fourth-order valence-electron chi connectivity index (χ4n) is 2.67. The van der Waals surface area contributed by atoms with Crippen molar-refractivity contribution in [3.8, 4) is 0 Å². The van der Waals surface area contributed by atoms with Gasteiger partial charge in [-0.05, 0) is 19.1 Å². The van der Waals surface area contributed by atoms with Crippen molar-refractivity contribution in [1.82, 2.24) is 4.98 Å². The predicted octanol–water partition coefficient (Wildman–Crippen LogP) is 5.78. The molecule has 1 heterocycles. The Morgan fingerprint density at radius 1 is 0.968 bits per heavy atom. The van der Waals surface area contributed by atoms with E-state index in [0.29, 0.717) is 16.8 Å². The van der Waals surface area contributed by atoms with Crippen molar-refractivity contribution in [2.24, 2.45) is 0 Å². The molecule has 6 nitrogen and oxygen atoms in total. The van der Waals surface area contributed by atoms with Gasteiger partial charge in [-0.1, -0.05) is 77.3 Å². The molecule has 0 fully saturated rings. The molecule has 0 saturated heterocycles. The number of benzene rings is 2. The van der Waals surface area contributed by atoms with E-state index in [-0.39, 0.29) is 26.5 Å². The molecule has 158 valence electrons. The van der Waals surface area contributed by atoms with E-state index >= 15 is 0 Å². The minimum atomic E-state index is -1.32. The zero-order valence-corrected chi connectivity index (χ0v) is 18.3. The van der Waals surface area contributed by atoms with Crippen LogP contribution in [0, 0.1) is 0 Å². The smallest absolute Gasteiger partial charge is 0.359 e. The largest absolute Gasteiger partial charge is 0.443 e. The number of ether oxygens (including phenoxy) is 1. The third-order valence-electron chi connectivity index (χ3n) is 4.21. The van der Waals surface area contributed by atoms with Gasteiger partial charge in [0.25, 0.3) is 5.91 Å². The average molecular weight is 478 g/mol. The summed E-state index contributed by atoms with van der Waals surface area (Å²) in [5, 5.41) is 2.50. The summed E-state index contributed by atoms with van der Waals surface area (Å²) in [6.45, 7) is 1.42. The van der Waals surface area contributed by atoms with Gasteiger partial charge in [-0.2, -0.15) is 0 Å². The summed E-state index contributed by atoms with van der Waals surface area (Å²) >= 11 is 17.9. The number of amides is 1. The Bertz CT molecular complexity index is 1150. The first-order valence-electron chi connectivity index (χ1n) is 8.95. The van der Waals surface area contributed by atoms with Crippen LogP contribution in [0.1, 0.15) is 39.4 Å². The zero-order valence-electron chi connectivity index (χ0n) is 16.1. The molecule has 1 amide bonds. The number of pyridine rings is 1. The molecular weight excluding hydrogens is 463 g/mol. The van der Waals surface area contributed by atoms with E-state index in [2.05, 4.69) is 10.3 Å². The van der Waals surface area contributed by atoms with E-state index < -0.39 is 18.0 Å². The number of hydrogen-bond acceptors (Lipinski definition) is 5. The second-order valence-electron chi connectivity index (χ2n) is 6.40. The Balaban J connectivity index is 1.90. The zero-order chi connectivity index (χ0) is 22.5. The normalized spacial score (nSPS) is 11.5. The molecule has 1 aromatic heterocycles. The molecule has 3 rings (SSSR count). The van der Waals surface area contributed by atoms with Gasteiger partial charge in [-0.25, -0.2) is 9.78 Å². The summed E-state index contributed by atoms with van der Waals surface area (Å²) in [5.74, 6) is -1.73. The summed E-state index contributed by atoms with van der Waals surface area (Å²) in [5.41, 5.74) is 0.953. The molecule has 1 unspecified atom stereocenters. The Labute approximate surface area is 193 Å². The minimum Gasteiger partial charge on any atom is -0.443 e. The molecule has 31 heavy (non-hydrogen) atoms. The van der Waals surface area contributed by atoms with Crippen molar-refractivity contribution >= 4 is 58.1 Å². The number of ketones is 1. The number of Topliss-reactive ketones (excluding diaryl/α,β-unsaturated/α-hetero) is 1. The lowest BCUT2D eigenvalue weighted by molar-refractivity contribution is -0.125. The van der Waals surface area contributed by atoms with Crippen molar-refractivity contribution in [1.29, 1.82) is 0 Å². The lowest BCUT2D eigenvalue weighted by atomic mass is 10.1. The lowest BCUT2D eigenvalue weighted by Gasteiger charge is -2.18. The Morgan fingerprint density at radius 2 is 1.68 bits per heavy atom. The number of hydrogen-bond donors (Lipinski definition) is 1. The number of rotatable bonds is 6. The van der Waals surface area contributed by atoms with Crippen LogP contribution in [0.4, 0.5) is 5.69 Å². The maximum Gasteiger partial charge on any atom is 0.359 e. The fourth-order valence-corrected chi connectivity index (χ4v) is 3.23. The molecule has 9 heteroatoms. The highest BCUT2D eigenvalue weighted by Crippen LogP contribution is 2.32. The third-order valence-corrected chi connectivity index (χ3v) is 5.45. The number of halogens is 3.